The minimum absolute atomic E-state index is 0.00806. The smallest absolute Gasteiger partial charge is 0.347 e. The molecular weight excluding hydrogens is 616 g/mol. The van der Waals surface area contributed by atoms with E-state index in [-0.39, 0.29) is 70.6 Å². The van der Waals surface area contributed by atoms with Gasteiger partial charge in [0, 0.05) is 24.3 Å². The summed E-state index contributed by atoms with van der Waals surface area (Å²) in [6.07, 6.45) is 3.37. The number of hydrogen-bond acceptors (Lipinski definition) is 9. The van der Waals surface area contributed by atoms with Crippen molar-refractivity contribution in [3.05, 3.63) is 69.8 Å². The number of aromatic carboxylic acids is 1. The second kappa shape index (κ2) is 14.6. The summed E-state index contributed by atoms with van der Waals surface area (Å²) in [5.74, 6) is -0.865. The quantitative estimate of drug-likeness (QED) is 0.128. The van der Waals surface area contributed by atoms with Gasteiger partial charge in [0.15, 0.2) is 17.2 Å². The molecule has 1 aliphatic heterocycles. The molecule has 3 aromatic rings. The molecule has 256 valence electrons. The van der Waals surface area contributed by atoms with Crippen molar-refractivity contribution in [3.8, 4) is 28.7 Å². The van der Waals surface area contributed by atoms with E-state index in [0.29, 0.717) is 41.1 Å². The molecule has 0 radical (unpaired) electrons. The Balaban J connectivity index is 1.30. The van der Waals surface area contributed by atoms with Crippen LogP contribution in [-0.2, 0) is 22.6 Å². The summed E-state index contributed by atoms with van der Waals surface area (Å²) in [5.41, 5.74) is 2.35. The molecule has 1 aliphatic carbocycles. The van der Waals surface area contributed by atoms with Gasteiger partial charge in [0.2, 0.25) is 5.91 Å². The molecule has 0 spiro atoms. The average molecular weight is 661 g/mol. The van der Waals surface area contributed by atoms with E-state index in [1.54, 1.807) is 13.8 Å². The summed E-state index contributed by atoms with van der Waals surface area (Å²) >= 11 is 0. The van der Waals surface area contributed by atoms with Crippen molar-refractivity contribution in [1.29, 1.82) is 0 Å². The van der Waals surface area contributed by atoms with Gasteiger partial charge in [0.1, 0.15) is 29.2 Å². The normalized spacial score (nSPS) is 18.6. The fourth-order valence-electron chi connectivity index (χ4n) is 6.62. The molecule has 1 fully saturated rings. The van der Waals surface area contributed by atoms with Gasteiger partial charge in [0.25, 0.3) is 0 Å². The van der Waals surface area contributed by atoms with Crippen molar-refractivity contribution in [2.24, 2.45) is 17.8 Å². The Hall–Kier alpha value is -4.77. The van der Waals surface area contributed by atoms with Crippen LogP contribution in [0.4, 0.5) is 5.69 Å². The van der Waals surface area contributed by atoms with E-state index >= 15 is 0 Å². The number of carboxylic acids is 1. The predicted molar refractivity (Wildman–Crippen MR) is 179 cm³/mol. The lowest BCUT2D eigenvalue weighted by atomic mass is 9.75. The Morgan fingerprint density at radius 1 is 1.04 bits per heavy atom. The van der Waals surface area contributed by atoms with E-state index in [9.17, 15) is 24.6 Å². The van der Waals surface area contributed by atoms with Crippen LogP contribution in [0.5, 0.6) is 28.7 Å². The van der Waals surface area contributed by atoms with Crippen molar-refractivity contribution in [2.75, 3.05) is 19.0 Å². The third kappa shape index (κ3) is 7.36. The van der Waals surface area contributed by atoms with E-state index in [2.05, 4.69) is 31.4 Å². The minimum Gasteiger partial charge on any atom is -0.507 e. The number of rotatable bonds is 11. The number of carbonyl (C=O) groups excluding carboxylic acids is 2. The topological polar surface area (TPSA) is 153 Å². The third-order valence-corrected chi connectivity index (χ3v) is 9.32. The SMILES string of the molecule is COc1cc(C(=O)O)c2c(c1C)OC(=O)c1c(C)cc(O)c(CNc3cccc(CNC(=O)CO[C@@H]4C[C@H](C)CC[C@H]4C(C)C)c3)c1O2. The van der Waals surface area contributed by atoms with Gasteiger partial charge in [-0.25, -0.2) is 9.59 Å². The van der Waals surface area contributed by atoms with Gasteiger partial charge < -0.3 is 39.8 Å². The maximum atomic E-state index is 13.4. The number of nitrogens with one attached hydrogen (secondary N) is 2. The third-order valence-electron chi connectivity index (χ3n) is 9.32. The van der Waals surface area contributed by atoms with E-state index in [4.69, 9.17) is 18.9 Å². The summed E-state index contributed by atoms with van der Waals surface area (Å²) in [6, 6.07) is 10.2. The maximum Gasteiger partial charge on any atom is 0.347 e. The molecule has 0 aromatic heterocycles. The largest absolute Gasteiger partial charge is 0.507 e. The number of phenols is 1. The van der Waals surface area contributed by atoms with Gasteiger partial charge in [-0.15, -0.1) is 0 Å². The molecule has 0 unspecified atom stereocenters. The number of esters is 1. The van der Waals surface area contributed by atoms with Gasteiger partial charge in [-0.3, -0.25) is 4.79 Å². The zero-order valence-electron chi connectivity index (χ0n) is 28.3. The molecule has 1 heterocycles. The van der Waals surface area contributed by atoms with Gasteiger partial charge in [-0.2, -0.15) is 0 Å². The summed E-state index contributed by atoms with van der Waals surface area (Å²) in [4.78, 5) is 38.3. The predicted octanol–water partition coefficient (Wildman–Crippen LogP) is 6.75. The van der Waals surface area contributed by atoms with Crippen LogP contribution in [0.2, 0.25) is 0 Å². The van der Waals surface area contributed by atoms with Crippen molar-refractivity contribution < 1.29 is 43.5 Å². The molecule has 11 nitrogen and oxygen atoms in total. The highest BCUT2D eigenvalue weighted by molar-refractivity contribution is 6.00. The lowest BCUT2D eigenvalue weighted by Gasteiger charge is -2.37. The number of anilines is 1. The highest BCUT2D eigenvalue weighted by Crippen LogP contribution is 2.48. The number of carbonyl (C=O) groups is 3. The fraction of sp³-hybridized carbons (Fsp3) is 0.432. The van der Waals surface area contributed by atoms with E-state index in [1.807, 2.05) is 24.3 Å². The van der Waals surface area contributed by atoms with Crippen LogP contribution in [0, 0.1) is 31.6 Å². The Morgan fingerprint density at radius 3 is 2.52 bits per heavy atom. The maximum absolute atomic E-state index is 13.4. The monoisotopic (exact) mass is 660 g/mol. The van der Waals surface area contributed by atoms with Crippen LogP contribution in [0.1, 0.15) is 83.0 Å². The number of methoxy groups -OCH3 is 1. The number of benzene rings is 3. The summed E-state index contributed by atoms with van der Waals surface area (Å²) in [6.45, 7) is 10.2. The van der Waals surface area contributed by atoms with Gasteiger partial charge in [-0.05, 0) is 79.8 Å². The Labute approximate surface area is 280 Å². The zero-order chi connectivity index (χ0) is 34.7. The number of amides is 1. The molecule has 0 saturated heterocycles. The molecule has 11 heteroatoms. The lowest BCUT2D eigenvalue weighted by Crippen LogP contribution is -2.37. The first-order valence-electron chi connectivity index (χ1n) is 16.3. The van der Waals surface area contributed by atoms with E-state index < -0.39 is 11.9 Å². The number of carboxylic acid groups (broad SMARTS) is 1. The standard InChI is InChI=1S/C37H44N2O9/c1-19(2)25-11-10-20(3)12-30(25)46-18-31(41)39-16-23-8-7-9-24(14-23)38-17-27-28(40)13-21(4)32-34(27)47-35-26(36(42)43)15-29(45-6)22(5)33(35)48-37(32)44/h7-9,13-15,19-20,25,30,38,40H,10-12,16-18H2,1-6H3,(H,39,41)(H,42,43)/t20-,25+,30-/m1/s1. The number of aryl methyl sites for hydroxylation is 1. The van der Waals surface area contributed by atoms with Gasteiger partial charge >= 0.3 is 11.9 Å². The van der Waals surface area contributed by atoms with Crippen molar-refractivity contribution in [3.63, 3.8) is 0 Å². The zero-order valence-corrected chi connectivity index (χ0v) is 28.3. The second-order valence-corrected chi connectivity index (χ2v) is 13.1. The van der Waals surface area contributed by atoms with Crippen LogP contribution in [0.3, 0.4) is 0 Å². The fourth-order valence-corrected chi connectivity index (χ4v) is 6.62. The van der Waals surface area contributed by atoms with Gasteiger partial charge in [0.05, 0.1) is 18.8 Å². The molecule has 4 N–H and O–H groups in total. The minimum atomic E-state index is -1.31. The second-order valence-electron chi connectivity index (χ2n) is 13.1. The molecule has 1 saturated carbocycles. The molecule has 1 amide bonds. The van der Waals surface area contributed by atoms with E-state index in [1.165, 1.54) is 25.7 Å². The molecule has 0 bridgehead atoms. The summed E-state index contributed by atoms with van der Waals surface area (Å²) < 4.78 is 23.2. The van der Waals surface area contributed by atoms with Crippen LogP contribution in [0.15, 0.2) is 36.4 Å². The van der Waals surface area contributed by atoms with Crippen molar-refractivity contribution in [2.45, 2.75) is 73.1 Å². The van der Waals surface area contributed by atoms with Crippen molar-refractivity contribution in [1.82, 2.24) is 5.32 Å². The Kier molecular flexibility index (Phi) is 10.5. The number of fused-ring (bicyclic) bond motifs is 2. The number of hydrogen-bond donors (Lipinski definition) is 4. The molecule has 2 aliphatic rings. The van der Waals surface area contributed by atoms with Crippen molar-refractivity contribution >= 4 is 23.5 Å². The molecule has 5 rings (SSSR count). The highest BCUT2D eigenvalue weighted by Gasteiger charge is 2.34. The molecule has 3 aromatic carbocycles. The van der Waals surface area contributed by atoms with Crippen LogP contribution in [-0.4, -0.2) is 47.9 Å². The van der Waals surface area contributed by atoms with Crippen LogP contribution < -0.4 is 24.8 Å². The Bertz CT molecular complexity index is 1720. The van der Waals surface area contributed by atoms with Crippen LogP contribution >= 0.6 is 0 Å². The van der Waals surface area contributed by atoms with Gasteiger partial charge in [-0.1, -0.05) is 39.3 Å². The first-order chi connectivity index (χ1) is 22.9. The number of ether oxygens (including phenoxy) is 4. The highest BCUT2D eigenvalue weighted by atomic mass is 16.6. The molecule has 3 atom stereocenters. The average Bonchev–Trinajstić information content (AvgIpc) is 3.19. The Morgan fingerprint density at radius 2 is 1.81 bits per heavy atom. The lowest BCUT2D eigenvalue weighted by molar-refractivity contribution is -0.131. The van der Waals surface area contributed by atoms with E-state index in [0.717, 1.165) is 18.4 Å². The number of phenolic OH excluding ortho intramolecular Hbond substituents is 1. The summed E-state index contributed by atoms with van der Waals surface area (Å²) in [5, 5.41) is 27.1. The first-order valence-corrected chi connectivity index (χ1v) is 16.3. The number of aromatic hydroxyl groups is 1. The first kappa shape index (κ1) is 34.6. The summed E-state index contributed by atoms with van der Waals surface area (Å²) in [7, 11) is 1.39. The van der Waals surface area contributed by atoms with Crippen LogP contribution in [0.25, 0.3) is 0 Å². The molecular formula is C37H44N2O9. The molecule has 48 heavy (non-hydrogen) atoms.